The van der Waals surface area contributed by atoms with E-state index in [0.29, 0.717) is 5.84 Å². The molecule has 1 N–H and O–H groups in total. The van der Waals surface area contributed by atoms with Crippen LogP contribution in [0.15, 0.2) is 15.3 Å². The molecule has 0 rings (SSSR count). The molecule has 0 aliphatic rings. The van der Waals surface area contributed by atoms with Gasteiger partial charge in [0.25, 0.3) is 0 Å². The van der Waals surface area contributed by atoms with Gasteiger partial charge in [-0.25, -0.2) is 5.53 Å². The van der Waals surface area contributed by atoms with E-state index in [0.717, 1.165) is 0 Å². The first-order valence-corrected chi connectivity index (χ1v) is 2.21. The molecule has 0 atom stereocenters. The molecular formula is C4H8N4. The molecular weight excluding hydrogens is 104 g/mol. The minimum atomic E-state index is 0.364. The zero-order valence-electron chi connectivity index (χ0n) is 4.92. The van der Waals surface area contributed by atoms with Gasteiger partial charge in [0.15, 0.2) is 5.84 Å². The van der Waals surface area contributed by atoms with Crippen LogP contribution in [0.3, 0.4) is 0 Å². The highest BCUT2D eigenvalue weighted by molar-refractivity contribution is 5.79. The van der Waals surface area contributed by atoms with E-state index >= 15 is 0 Å². The molecule has 0 fully saturated rings. The summed E-state index contributed by atoms with van der Waals surface area (Å²) in [4.78, 5) is 0. The van der Waals surface area contributed by atoms with Crippen molar-refractivity contribution in [3.05, 3.63) is 0 Å². The molecule has 4 nitrogen and oxygen atoms in total. The molecule has 0 unspecified atom stereocenters. The van der Waals surface area contributed by atoms with E-state index in [-0.39, 0.29) is 0 Å². The number of nitrogens with zero attached hydrogens (tertiary/aromatic N) is 3. The van der Waals surface area contributed by atoms with Gasteiger partial charge in [0.05, 0.1) is 0 Å². The van der Waals surface area contributed by atoms with E-state index in [1.165, 1.54) is 6.21 Å². The maximum absolute atomic E-state index is 6.41. The molecule has 0 radical (unpaired) electrons. The SMILES string of the molecule is C/C=N/N=C(/C)N=N. The summed E-state index contributed by atoms with van der Waals surface area (Å²) in [6.45, 7) is 3.36. The maximum Gasteiger partial charge on any atom is 0.169 e. The lowest BCUT2D eigenvalue weighted by Crippen LogP contribution is -1.78. The highest BCUT2D eigenvalue weighted by Crippen LogP contribution is 1.77. The van der Waals surface area contributed by atoms with E-state index in [2.05, 4.69) is 15.3 Å². The first-order valence-electron chi connectivity index (χ1n) is 2.21. The van der Waals surface area contributed by atoms with Gasteiger partial charge in [0.2, 0.25) is 0 Å². The molecule has 0 bridgehead atoms. The number of hydrogen-bond acceptors (Lipinski definition) is 3. The zero-order chi connectivity index (χ0) is 6.41. The van der Waals surface area contributed by atoms with Crippen molar-refractivity contribution in [2.75, 3.05) is 0 Å². The third-order valence-corrected chi connectivity index (χ3v) is 0.480. The predicted molar refractivity (Wildman–Crippen MR) is 32.4 cm³/mol. The number of amidine groups is 1. The fraction of sp³-hybridized carbons (Fsp3) is 0.500. The Morgan fingerprint density at radius 2 is 2.25 bits per heavy atom. The van der Waals surface area contributed by atoms with Crippen molar-refractivity contribution in [3.8, 4) is 0 Å². The first kappa shape index (κ1) is 6.94. The van der Waals surface area contributed by atoms with Gasteiger partial charge in [-0.1, -0.05) is 0 Å². The topological polar surface area (TPSA) is 60.9 Å². The van der Waals surface area contributed by atoms with Gasteiger partial charge in [0.1, 0.15) is 0 Å². The molecule has 0 saturated heterocycles. The average Bonchev–Trinajstić information content (AvgIpc) is 1.83. The fourth-order valence-corrected chi connectivity index (χ4v) is 0.164. The summed E-state index contributed by atoms with van der Waals surface area (Å²) < 4.78 is 0. The molecule has 0 aliphatic carbocycles. The van der Waals surface area contributed by atoms with Crippen LogP contribution in [0.25, 0.3) is 0 Å². The lowest BCUT2D eigenvalue weighted by Gasteiger charge is -1.77. The van der Waals surface area contributed by atoms with Crippen molar-refractivity contribution in [1.29, 1.82) is 5.53 Å². The lowest BCUT2D eigenvalue weighted by molar-refractivity contribution is 1.13. The summed E-state index contributed by atoms with van der Waals surface area (Å²) in [5, 5.41) is 10.00. The zero-order valence-corrected chi connectivity index (χ0v) is 4.92. The molecule has 0 aromatic heterocycles. The molecule has 0 aromatic rings. The van der Waals surface area contributed by atoms with E-state index < -0.39 is 0 Å². The van der Waals surface area contributed by atoms with Crippen LogP contribution in [-0.4, -0.2) is 12.1 Å². The van der Waals surface area contributed by atoms with E-state index in [9.17, 15) is 0 Å². The van der Waals surface area contributed by atoms with Crippen molar-refractivity contribution < 1.29 is 0 Å². The minimum absolute atomic E-state index is 0.364. The van der Waals surface area contributed by atoms with E-state index in [1.54, 1.807) is 13.8 Å². The largest absolute Gasteiger partial charge is 0.203 e. The highest BCUT2D eigenvalue weighted by atomic mass is 15.2. The van der Waals surface area contributed by atoms with Gasteiger partial charge in [-0.05, 0) is 13.8 Å². The average molecular weight is 112 g/mol. The molecule has 0 aliphatic heterocycles. The summed E-state index contributed by atoms with van der Waals surface area (Å²) in [6.07, 6.45) is 1.54. The summed E-state index contributed by atoms with van der Waals surface area (Å²) >= 11 is 0. The molecule has 0 amide bonds. The van der Waals surface area contributed by atoms with Crippen molar-refractivity contribution in [1.82, 2.24) is 0 Å². The smallest absolute Gasteiger partial charge is 0.169 e. The summed E-state index contributed by atoms with van der Waals surface area (Å²) in [5.74, 6) is 0.364. The molecule has 0 aromatic carbocycles. The molecule has 44 valence electrons. The Bertz CT molecular complexity index is 124. The van der Waals surface area contributed by atoms with Crippen molar-refractivity contribution in [3.63, 3.8) is 0 Å². The maximum atomic E-state index is 6.41. The Morgan fingerprint density at radius 3 is 2.62 bits per heavy atom. The van der Waals surface area contributed by atoms with Crippen LogP contribution in [-0.2, 0) is 0 Å². The molecule has 0 heterocycles. The van der Waals surface area contributed by atoms with Crippen LogP contribution < -0.4 is 0 Å². The van der Waals surface area contributed by atoms with E-state index in [4.69, 9.17) is 5.53 Å². The van der Waals surface area contributed by atoms with Crippen LogP contribution in [0.2, 0.25) is 0 Å². The van der Waals surface area contributed by atoms with Gasteiger partial charge in [-0.2, -0.15) is 5.10 Å². The van der Waals surface area contributed by atoms with Crippen molar-refractivity contribution in [2.45, 2.75) is 13.8 Å². The summed E-state index contributed by atoms with van der Waals surface area (Å²) in [6, 6.07) is 0. The predicted octanol–water partition coefficient (Wildman–Crippen LogP) is 1.44. The normalized spacial score (nSPS) is 12.5. The van der Waals surface area contributed by atoms with Crippen LogP contribution >= 0.6 is 0 Å². The quantitative estimate of drug-likeness (QED) is 0.231. The Hall–Kier alpha value is -1.06. The van der Waals surface area contributed by atoms with Gasteiger partial charge in [0, 0.05) is 6.21 Å². The molecule has 4 heteroatoms. The third-order valence-electron chi connectivity index (χ3n) is 0.480. The second-order valence-corrected chi connectivity index (χ2v) is 1.13. The van der Waals surface area contributed by atoms with Gasteiger partial charge >= 0.3 is 0 Å². The molecule has 8 heavy (non-hydrogen) atoms. The highest BCUT2D eigenvalue weighted by Gasteiger charge is 1.76. The fourth-order valence-electron chi connectivity index (χ4n) is 0.164. The van der Waals surface area contributed by atoms with E-state index in [1.807, 2.05) is 0 Å². The summed E-state index contributed by atoms with van der Waals surface area (Å²) in [7, 11) is 0. The Balaban J connectivity index is 3.74. The Labute approximate surface area is 47.8 Å². The van der Waals surface area contributed by atoms with Gasteiger partial charge in [-0.3, -0.25) is 0 Å². The molecule has 0 spiro atoms. The first-order chi connectivity index (χ1) is 3.81. The van der Waals surface area contributed by atoms with Crippen molar-refractivity contribution in [2.24, 2.45) is 15.3 Å². The van der Waals surface area contributed by atoms with Gasteiger partial charge < -0.3 is 0 Å². The van der Waals surface area contributed by atoms with Crippen molar-refractivity contribution >= 4 is 12.1 Å². The monoisotopic (exact) mass is 112 g/mol. The number of nitrogens with one attached hydrogen (secondary N) is 1. The van der Waals surface area contributed by atoms with Crippen LogP contribution in [0, 0.1) is 5.53 Å². The van der Waals surface area contributed by atoms with Crippen LogP contribution in [0.1, 0.15) is 13.8 Å². The molecule has 0 saturated carbocycles. The second kappa shape index (κ2) is 4.11. The van der Waals surface area contributed by atoms with Gasteiger partial charge in [-0.15, -0.1) is 10.2 Å². The number of rotatable bonds is 1. The standard InChI is InChI=1S/C4H8N4/c1-3-6-8-4(2)7-5/h3,5H,1-2H3/b6-3+,7-5?,8-4-. The van der Waals surface area contributed by atoms with Crippen LogP contribution in [0.5, 0.6) is 0 Å². The van der Waals surface area contributed by atoms with Crippen LogP contribution in [0.4, 0.5) is 0 Å². The Kier molecular flexibility index (Phi) is 3.56. The summed E-state index contributed by atoms with van der Waals surface area (Å²) in [5.41, 5.74) is 6.41. The third kappa shape index (κ3) is 3.14. The minimum Gasteiger partial charge on any atom is -0.203 e. The second-order valence-electron chi connectivity index (χ2n) is 1.13. The lowest BCUT2D eigenvalue weighted by atomic mass is 10.7. The Morgan fingerprint density at radius 1 is 1.62 bits per heavy atom. The number of hydrogen-bond donors (Lipinski definition) is 1.